The second kappa shape index (κ2) is 17.9. The van der Waals surface area contributed by atoms with Crippen LogP contribution >= 0.6 is 11.3 Å². The van der Waals surface area contributed by atoms with Crippen molar-refractivity contribution >= 4 is 11.3 Å². The fraction of sp³-hybridized carbons (Fsp3) is 0.750. The van der Waals surface area contributed by atoms with E-state index in [9.17, 15) is 0 Å². The van der Waals surface area contributed by atoms with Gasteiger partial charge in [-0.25, -0.2) is 0 Å². The maximum absolute atomic E-state index is 6.05. The van der Waals surface area contributed by atoms with E-state index in [4.69, 9.17) is 4.74 Å². The van der Waals surface area contributed by atoms with Crippen LogP contribution in [0.2, 0.25) is 0 Å². The van der Waals surface area contributed by atoms with E-state index in [0.29, 0.717) is 0 Å². The molecule has 1 aliphatic rings. The maximum Gasteiger partial charge on any atom is 0.147 e. The average molecular weight is 513 g/mol. The molecule has 0 spiro atoms. The van der Waals surface area contributed by atoms with Crippen LogP contribution in [0.1, 0.15) is 134 Å². The quantitative estimate of drug-likeness (QED) is 0.176. The van der Waals surface area contributed by atoms with Crippen molar-refractivity contribution in [1.29, 1.82) is 0 Å². The Morgan fingerprint density at radius 2 is 1.28 bits per heavy atom. The van der Waals surface area contributed by atoms with E-state index in [1.807, 2.05) is 0 Å². The van der Waals surface area contributed by atoms with E-state index < -0.39 is 0 Å². The molecule has 1 aliphatic carbocycles. The summed E-state index contributed by atoms with van der Waals surface area (Å²) in [5.74, 6) is 2.91. The van der Waals surface area contributed by atoms with Crippen molar-refractivity contribution in [3.05, 3.63) is 29.3 Å². The van der Waals surface area contributed by atoms with Crippen molar-refractivity contribution in [2.45, 2.75) is 136 Å². The number of aromatic nitrogens is 2. The van der Waals surface area contributed by atoms with Crippen molar-refractivity contribution in [2.75, 3.05) is 6.61 Å². The van der Waals surface area contributed by atoms with Crippen molar-refractivity contribution in [3.8, 4) is 16.3 Å². The number of hydrogen-bond donors (Lipinski definition) is 0. The number of aryl methyl sites for hydroxylation is 1. The van der Waals surface area contributed by atoms with Gasteiger partial charge in [0, 0.05) is 12.0 Å². The van der Waals surface area contributed by atoms with Gasteiger partial charge in [0.2, 0.25) is 0 Å². The summed E-state index contributed by atoms with van der Waals surface area (Å²) in [6.45, 7) is 5.41. The number of benzene rings is 1. The van der Waals surface area contributed by atoms with Crippen LogP contribution in [-0.2, 0) is 6.42 Å². The molecule has 4 heteroatoms. The first-order chi connectivity index (χ1) is 17.8. The Morgan fingerprint density at radius 1 is 0.694 bits per heavy atom. The highest BCUT2D eigenvalue weighted by Crippen LogP contribution is 2.34. The first-order valence-corrected chi connectivity index (χ1v) is 16.2. The highest BCUT2D eigenvalue weighted by Gasteiger charge is 2.20. The number of ether oxygens (including phenoxy) is 1. The molecule has 0 N–H and O–H groups in total. The standard InChI is InChI=1S/C32H52N2OS/c1-3-5-7-8-9-10-11-13-17-31-33-34-32(36-31)29-22-24-30(25-23-29)35-26-14-16-28-20-18-27(19-21-28)15-12-6-4-2/h22-25,27-28H,3-21,26H2,1-2H3. The van der Waals surface area contributed by atoms with Gasteiger partial charge in [0.05, 0.1) is 6.61 Å². The Kier molecular flexibility index (Phi) is 14.5. The summed E-state index contributed by atoms with van der Waals surface area (Å²) in [6, 6.07) is 8.46. The van der Waals surface area contributed by atoms with Crippen molar-refractivity contribution in [2.24, 2.45) is 11.8 Å². The molecule has 0 saturated heterocycles. The summed E-state index contributed by atoms with van der Waals surface area (Å²) < 4.78 is 6.05. The maximum atomic E-state index is 6.05. The largest absolute Gasteiger partial charge is 0.494 e. The molecule has 202 valence electrons. The lowest BCUT2D eigenvalue weighted by atomic mass is 9.78. The van der Waals surface area contributed by atoms with Gasteiger partial charge in [0.25, 0.3) is 0 Å². The Hall–Kier alpha value is -1.42. The topological polar surface area (TPSA) is 35.0 Å². The zero-order valence-electron chi connectivity index (χ0n) is 23.3. The smallest absolute Gasteiger partial charge is 0.147 e. The SMILES string of the molecule is CCCCCCCCCCc1nnc(-c2ccc(OCCCC3CCC(CCCCC)CC3)cc2)s1. The summed E-state index contributed by atoms with van der Waals surface area (Å²) >= 11 is 1.75. The fourth-order valence-electron chi connectivity index (χ4n) is 5.63. The molecule has 1 aromatic heterocycles. The monoisotopic (exact) mass is 512 g/mol. The lowest BCUT2D eigenvalue weighted by molar-refractivity contribution is 0.228. The lowest BCUT2D eigenvalue weighted by Crippen LogP contribution is -2.15. The van der Waals surface area contributed by atoms with Crippen LogP contribution in [-0.4, -0.2) is 16.8 Å². The van der Waals surface area contributed by atoms with Crippen molar-refractivity contribution in [1.82, 2.24) is 10.2 Å². The number of unbranched alkanes of at least 4 members (excludes halogenated alkanes) is 9. The van der Waals surface area contributed by atoms with Gasteiger partial charge in [0.15, 0.2) is 0 Å². The molecule has 1 saturated carbocycles. The fourth-order valence-corrected chi connectivity index (χ4v) is 6.52. The van der Waals surface area contributed by atoms with Crippen molar-refractivity contribution in [3.63, 3.8) is 0 Å². The van der Waals surface area contributed by atoms with Crippen LogP contribution < -0.4 is 4.74 Å². The molecule has 3 rings (SSSR count). The van der Waals surface area contributed by atoms with Crippen LogP contribution in [0.15, 0.2) is 24.3 Å². The van der Waals surface area contributed by atoms with Gasteiger partial charge >= 0.3 is 0 Å². The van der Waals surface area contributed by atoms with Gasteiger partial charge in [-0.1, -0.05) is 121 Å². The number of nitrogens with zero attached hydrogens (tertiary/aromatic N) is 2. The molecule has 0 amide bonds. The molecule has 1 aromatic carbocycles. The van der Waals surface area contributed by atoms with Gasteiger partial charge in [-0.2, -0.15) is 0 Å². The first kappa shape index (κ1) is 29.1. The Morgan fingerprint density at radius 3 is 1.94 bits per heavy atom. The first-order valence-electron chi connectivity index (χ1n) is 15.3. The van der Waals surface area contributed by atoms with Gasteiger partial charge in [-0.15, -0.1) is 10.2 Å². The third-order valence-corrected chi connectivity index (χ3v) is 9.05. The van der Waals surface area contributed by atoms with E-state index in [1.54, 1.807) is 11.3 Å². The minimum absolute atomic E-state index is 0.831. The molecule has 2 aromatic rings. The molecule has 3 nitrogen and oxygen atoms in total. The second-order valence-corrected chi connectivity index (χ2v) is 12.2. The van der Waals surface area contributed by atoms with E-state index in [0.717, 1.165) is 41.2 Å². The normalized spacial score (nSPS) is 17.9. The minimum atomic E-state index is 0.831. The van der Waals surface area contributed by atoms with Gasteiger partial charge in [-0.3, -0.25) is 0 Å². The lowest BCUT2D eigenvalue weighted by Gasteiger charge is -2.28. The van der Waals surface area contributed by atoms with Gasteiger partial charge in [-0.05, 0) is 55.4 Å². The van der Waals surface area contributed by atoms with E-state index in [2.05, 4.69) is 48.3 Å². The van der Waals surface area contributed by atoms with E-state index >= 15 is 0 Å². The predicted octanol–water partition coefficient (Wildman–Crippen LogP) is 10.4. The highest BCUT2D eigenvalue weighted by molar-refractivity contribution is 7.14. The van der Waals surface area contributed by atoms with Crippen molar-refractivity contribution < 1.29 is 4.74 Å². The summed E-state index contributed by atoms with van der Waals surface area (Å²) in [5.41, 5.74) is 1.15. The highest BCUT2D eigenvalue weighted by atomic mass is 32.1. The summed E-state index contributed by atoms with van der Waals surface area (Å²) in [7, 11) is 0. The molecule has 36 heavy (non-hydrogen) atoms. The summed E-state index contributed by atoms with van der Waals surface area (Å²) in [4.78, 5) is 0. The minimum Gasteiger partial charge on any atom is -0.494 e. The van der Waals surface area contributed by atoms with Crippen LogP contribution in [0.25, 0.3) is 10.6 Å². The number of rotatable bonds is 19. The Labute approximate surface area is 225 Å². The van der Waals surface area contributed by atoms with Crippen LogP contribution in [0, 0.1) is 11.8 Å². The molecule has 0 unspecified atom stereocenters. The van der Waals surface area contributed by atoms with Crippen LogP contribution in [0.3, 0.4) is 0 Å². The number of hydrogen-bond acceptors (Lipinski definition) is 4. The molecule has 1 heterocycles. The predicted molar refractivity (Wildman–Crippen MR) is 156 cm³/mol. The Balaban J connectivity index is 1.26. The van der Waals surface area contributed by atoms with Crippen LogP contribution in [0.5, 0.6) is 5.75 Å². The average Bonchev–Trinajstić information content (AvgIpc) is 3.38. The van der Waals surface area contributed by atoms with Gasteiger partial charge in [0.1, 0.15) is 15.8 Å². The van der Waals surface area contributed by atoms with Crippen LogP contribution in [0.4, 0.5) is 0 Å². The molecule has 0 atom stereocenters. The molecular weight excluding hydrogens is 460 g/mol. The molecule has 0 bridgehead atoms. The zero-order valence-corrected chi connectivity index (χ0v) is 24.1. The summed E-state index contributed by atoms with van der Waals surface area (Å²) in [5, 5.41) is 11.1. The molecular formula is C32H52N2OS. The summed E-state index contributed by atoms with van der Waals surface area (Å²) in [6.07, 6.45) is 25.8. The zero-order chi connectivity index (χ0) is 25.3. The third kappa shape index (κ3) is 11.3. The molecule has 0 radical (unpaired) electrons. The Bertz CT molecular complexity index is 795. The molecule has 1 fully saturated rings. The van der Waals surface area contributed by atoms with Gasteiger partial charge < -0.3 is 4.74 Å². The molecule has 0 aliphatic heterocycles. The van der Waals surface area contributed by atoms with E-state index in [1.165, 1.54) is 121 Å². The third-order valence-electron chi connectivity index (χ3n) is 8.02. The second-order valence-electron chi connectivity index (χ2n) is 11.1. The van der Waals surface area contributed by atoms with E-state index in [-0.39, 0.29) is 0 Å².